The number of guanidine groups is 1. The van der Waals surface area contributed by atoms with Gasteiger partial charge in [0.1, 0.15) is 25.3 Å². The molecule has 0 fully saturated rings. The van der Waals surface area contributed by atoms with Crippen LogP contribution in [-0.2, 0) is 19.8 Å². The molecule has 0 aliphatic carbocycles. The molecule has 0 radical (unpaired) electrons. The van der Waals surface area contributed by atoms with Crippen LogP contribution in [0.5, 0.6) is 5.88 Å². The van der Waals surface area contributed by atoms with Gasteiger partial charge < -0.3 is 15.4 Å². The van der Waals surface area contributed by atoms with E-state index in [4.69, 9.17) is 4.74 Å². The molecular weight excluding hydrogens is 351 g/mol. The van der Waals surface area contributed by atoms with Crippen LogP contribution in [0.2, 0.25) is 0 Å². The first-order valence-corrected chi connectivity index (χ1v) is 7.91. The van der Waals surface area contributed by atoms with E-state index in [0.29, 0.717) is 31.4 Å². The maximum atomic E-state index is 12.5. The molecule has 0 saturated carbocycles. The fourth-order valence-corrected chi connectivity index (χ4v) is 1.91. The molecule has 142 valence electrons. The van der Waals surface area contributed by atoms with Crippen LogP contribution in [0.4, 0.5) is 13.2 Å². The largest absolute Gasteiger partial charge is 0.476 e. The first-order valence-electron chi connectivity index (χ1n) is 7.91. The van der Waals surface area contributed by atoms with Crippen molar-refractivity contribution < 1.29 is 17.9 Å². The van der Waals surface area contributed by atoms with E-state index in [1.807, 2.05) is 6.92 Å². The normalized spacial score (nSPS) is 12.1. The zero-order valence-electron chi connectivity index (χ0n) is 14.4. The van der Waals surface area contributed by atoms with Crippen LogP contribution in [0, 0.1) is 0 Å². The number of nitrogens with one attached hydrogen (secondary N) is 2. The molecular formula is C15H20F3N7O. The van der Waals surface area contributed by atoms with Gasteiger partial charge >= 0.3 is 6.18 Å². The van der Waals surface area contributed by atoms with Crippen molar-refractivity contribution in [2.45, 2.75) is 19.6 Å². The van der Waals surface area contributed by atoms with Crippen molar-refractivity contribution in [1.82, 2.24) is 30.4 Å². The Morgan fingerprint density at radius 1 is 1.27 bits per heavy atom. The molecule has 0 aromatic carbocycles. The number of hydrogen-bond donors (Lipinski definition) is 2. The highest BCUT2D eigenvalue weighted by atomic mass is 19.4. The Bertz CT molecular complexity index is 713. The van der Waals surface area contributed by atoms with E-state index >= 15 is 0 Å². The Kier molecular flexibility index (Phi) is 6.75. The number of pyridine rings is 1. The van der Waals surface area contributed by atoms with Gasteiger partial charge in [0, 0.05) is 25.9 Å². The molecule has 0 amide bonds. The topological polar surface area (TPSA) is 89.2 Å². The molecule has 0 atom stereocenters. The number of nitrogens with zero attached hydrogens (tertiary/aromatic N) is 5. The molecule has 26 heavy (non-hydrogen) atoms. The van der Waals surface area contributed by atoms with Gasteiger partial charge in [-0.25, -0.2) is 15.0 Å². The fourth-order valence-electron chi connectivity index (χ4n) is 1.91. The second kappa shape index (κ2) is 9.02. The van der Waals surface area contributed by atoms with Gasteiger partial charge in [-0.15, -0.1) is 0 Å². The highest BCUT2D eigenvalue weighted by Gasteiger charge is 2.30. The molecule has 11 heteroatoms. The lowest BCUT2D eigenvalue weighted by Gasteiger charge is -2.12. The Hall–Kier alpha value is -2.85. The molecule has 0 spiro atoms. The van der Waals surface area contributed by atoms with Gasteiger partial charge in [0.25, 0.3) is 0 Å². The van der Waals surface area contributed by atoms with E-state index < -0.39 is 11.7 Å². The van der Waals surface area contributed by atoms with Crippen LogP contribution in [0.1, 0.15) is 18.3 Å². The number of aliphatic imine (C=N–C) groups is 1. The SMILES string of the molecule is CCNC(=NCc1ncnn1C)NCCOc1ccc(C(F)(F)F)cn1. The summed E-state index contributed by atoms with van der Waals surface area (Å²) in [5.74, 6) is 1.41. The molecule has 0 aliphatic rings. The summed E-state index contributed by atoms with van der Waals surface area (Å²) in [6, 6.07) is 2.12. The Balaban J connectivity index is 1.79. The monoisotopic (exact) mass is 371 g/mol. The van der Waals surface area contributed by atoms with E-state index in [2.05, 4.69) is 30.7 Å². The van der Waals surface area contributed by atoms with Crippen molar-refractivity contribution in [3.8, 4) is 5.88 Å². The molecule has 0 unspecified atom stereocenters. The summed E-state index contributed by atoms with van der Waals surface area (Å²) in [7, 11) is 1.78. The average Bonchev–Trinajstić information content (AvgIpc) is 3.01. The molecule has 0 saturated heterocycles. The zero-order valence-corrected chi connectivity index (χ0v) is 14.4. The number of hydrogen-bond acceptors (Lipinski definition) is 5. The minimum Gasteiger partial charge on any atom is -0.476 e. The van der Waals surface area contributed by atoms with Crippen LogP contribution in [0.25, 0.3) is 0 Å². The Morgan fingerprint density at radius 3 is 2.65 bits per heavy atom. The molecule has 0 aliphatic heterocycles. The third kappa shape index (κ3) is 5.90. The highest BCUT2D eigenvalue weighted by molar-refractivity contribution is 5.79. The van der Waals surface area contributed by atoms with Gasteiger partial charge in [-0.1, -0.05) is 0 Å². The molecule has 8 nitrogen and oxygen atoms in total. The van der Waals surface area contributed by atoms with Gasteiger partial charge in [0.05, 0.1) is 12.1 Å². The second-order valence-corrected chi connectivity index (χ2v) is 5.15. The average molecular weight is 371 g/mol. The maximum absolute atomic E-state index is 12.5. The summed E-state index contributed by atoms with van der Waals surface area (Å²) >= 11 is 0. The van der Waals surface area contributed by atoms with Gasteiger partial charge in [-0.2, -0.15) is 18.3 Å². The third-order valence-corrected chi connectivity index (χ3v) is 3.24. The Labute approximate surface area is 148 Å². The first kappa shape index (κ1) is 19.5. The molecule has 2 N–H and O–H groups in total. The molecule has 2 heterocycles. The number of aryl methyl sites for hydroxylation is 1. The lowest BCUT2D eigenvalue weighted by Crippen LogP contribution is -2.39. The van der Waals surface area contributed by atoms with Crippen LogP contribution >= 0.6 is 0 Å². The van der Waals surface area contributed by atoms with Gasteiger partial charge in [0.2, 0.25) is 5.88 Å². The summed E-state index contributed by atoms with van der Waals surface area (Å²) in [5, 5.41) is 10.1. The quantitative estimate of drug-likeness (QED) is 0.434. The maximum Gasteiger partial charge on any atom is 0.417 e. The second-order valence-electron chi connectivity index (χ2n) is 5.15. The minimum atomic E-state index is -4.41. The van der Waals surface area contributed by atoms with Gasteiger partial charge in [0.15, 0.2) is 5.96 Å². The van der Waals surface area contributed by atoms with Crippen molar-refractivity contribution >= 4 is 5.96 Å². The molecule has 0 bridgehead atoms. The summed E-state index contributed by atoms with van der Waals surface area (Å²) in [5.41, 5.74) is -0.812. The van der Waals surface area contributed by atoms with Crippen LogP contribution in [0.3, 0.4) is 0 Å². The van der Waals surface area contributed by atoms with Crippen molar-refractivity contribution in [3.63, 3.8) is 0 Å². The lowest BCUT2D eigenvalue weighted by molar-refractivity contribution is -0.137. The van der Waals surface area contributed by atoms with Crippen molar-refractivity contribution in [1.29, 1.82) is 0 Å². The molecule has 2 aromatic rings. The van der Waals surface area contributed by atoms with E-state index in [1.165, 1.54) is 12.4 Å². The van der Waals surface area contributed by atoms with Crippen molar-refractivity contribution in [2.75, 3.05) is 19.7 Å². The van der Waals surface area contributed by atoms with Crippen LogP contribution in [-0.4, -0.2) is 45.4 Å². The van der Waals surface area contributed by atoms with Gasteiger partial charge in [-0.3, -0.25) is 4.68 Å². The van der Waals surface area contributed by atoms with Gasteiger partial charge in [-0.05, 0) is 13.0 Å². The van der Waals surface area contributed by atoms with Crippen molar-refractivity contribution in [3.05, 3.63) is 36.0 Å². The number of ether oxygens (including phenoxy) is 1. The first-order chi connectivity index (χ1) is 12.4. The van der Waals surface area contributed by atoms with E-state index in [0.717, 1.165) is 12.3 Å². The number of aromatic nitrogens is 4. The number of rotatable bonds is 7. The lowest BCUT2D eigenvalue weighted by atomic mass is 10.3. The number of alkyl halides is 3. The van der Waals surface area contributed by atoms with Crippen LogP contribution < -0.4 is 15.4 Å². The van der Waals surface area contributed by atoms with E-state index in [-0.39, 0.29) is 12.5 Å². The summed E-state index contributed by atoms with van der Waals surface area (Å²) in [6.45, 7) is 3.57. The van der Waals surface area contributed by atoms with E-state index in [1.54, 1.807) is 11.7 Å². The van der Waals surface area contributed by atoms with Crippen LogP contribution in [0.15, 0.2) is 29.6 Å². The third-order valence-electron chi connectivity index (χ3n) is 3.24. The smallest absolute Gasteiger partial charge is 0.417 e. The fraction of sp³-hybridized carbons (Fsp3) is 0.467. The Morgan fingerprint density at radius 2 is 2.08 bits per heavy atom. The summed E-state index contributed by atoms with van der Waals surface area (Å²) in [6.07, 6.45) is -2.21. The summed E-state index contributed by atoms with van der Waals surface area (Å²) < 4.78 is 44.4. The summed E-state index contributed by atoms with van der Waals surface area (Å²) in [4.78, 5) is 12.1. The molecule has 2 aromatic heterocycles. The predicted molar refractivity (Wildman–Crippen MR) is 88.6 cm³/mol. The van der Waals surface area contributed by atoms with E-state index in [9.17, 15) is 13.2 Å². The highest BCUT2D eigenvalue weighted by Crippen LogP contribution is 2.29. The van der Waals surface area contributed by atoms with Crippen molar-refractivity contribution in [2.24, 2.45) is 12.0 Å². The minimum absolute atomic E-state index is 0.126. The standard InChI is InChI=1S/C15H20F3N7O/c1-3-19-14(22-9-12-23-10-24-25(12)2)20-6-7-26-13-5-4-11(8-21-13)15(16,17)18/h4-5,8,10H,3,6-7,9H2,1-2H3,(H2,19,20,22). The molecule has 2 rings (SSSR count). The number of halogens is 3. The zero-order chi connectivity index (χ0) is 19.0. The predicted octanol–water partition coefficient (Wildman–Crippen LogP) is 1.36.